The van der Waals surface area contributed by atoms with E-state index in [2.05, 4.69) is 5.29 Å². The molecule has 2 fully saturated rings. The predicted molar refractivity (Wildman–Crippen MR) is 101 cm³/mol. The van der Waals surface area contributed by atoms with Gasteiger partial charge in [0.25, 0.3) is 0 Å². The third-order valence-electron chi connectivity index (χ3n) is 6.49. The summed E-state index contributed by atoms with van der Waals surface area (Å²) in [6, 6.07) is 19.1. The molecule has 0 radical (unpaired) electrons. The van der Waals surface area contributed by atoms with E-state index >= 15 is 0 Å². The summed E-state index contributed by atoms with van der Waals surface area (Å²) in [5.41, 5.74) is 0.752. The van der Waals surface area contributed by atoms with Gasteiger partial charge in [0.05, 0.1) is 28.2 Å². The standard InChI is InChI=1S/C22H24N2O2/c1-21-14-9-15-22(2,20(21)25)19(17-12-7-4-8-13-17)24(23-26)18(21)16-10-5-3-6-11-16/h3-8,10-13,18-19H,9,14-15H2,1-2H3. The van der Waals surface area contributed by atoms with Crippen LogP contribution in [0.5, 0.6) is 0 Å². The zero-order chi connectivity index (χ0) is 18.4. The van der Waals surface area contributed by atoms with Gasteiger partial charge in [-0.1, -0.05) is 80.9 Å². The van der Waals surface area contributed by atoms with Gasteiger partial charge in [0, 0.05) is 0 Å². The number of carbonyl (C=O) groups is 1. The van der Waals surface area contributed by atoms with Gasteiger partial charge < -0.3 is 0 Å². The quantitative estimate of drug-likeness (QED) is 0.714. The lowest BCUT2D eigenvalue weighted by Gasteiger charge is -2.59. The molecule has 4 heteroatoms. The van der Waals surface area contributed by atoms with Gasteiger partial charge in [-0.15, -0.1) is 4.91 Å². The average Bonchev–Trinajstić information content (AvgIpc) is 2.66. The van der Waals surface area contributed by atoms with Crippen LogP contribution >= 0.6 is 0 Å². The minimum atomic E-state index is -0.604. The third-order valence-corrected chi connectivity index (χ3v) is 6.49. The van der Waals surface area contributed by atoms with Crippen LogP contribution in [0.25, 0.3) is 0 Å². The topological polar surface area (TPSA) is 49.7 Å². The number of nitrogens with zero attached hydrogens (tertiary/aromatic N) is 2. The summed E-state index contributed by atoms with van der Waals surface area (Å²) in [7, 11) is 0. The number of fused-ring (bicyclic) bond motifs is 2. The minimum Gasteiger partial charge on any atom is -0.298 e. The molecule has 4 nitrogen and oxygen atoms in total. The van der Waals surface area contributed by atoms with Gasteiger partial charge in [0.15, 0.2) is 0 Å². The summed E-state index contributed by atoms with van der Waals surface area (Å²) in [5, 5.41) is 5.17. The molecule has 1 aliphatic heterocycles. The Morgan fingerprint density at radius 2 is 1.27 bits per heavy atom. The number of carbonyl (C=O) groups excluding carboxylic acids is 1. The van der Waals surface area contributed by atoms with Crippen LogP contribution in [0.3, 0.4) is 0 Å². The number of nitroso groups, excluding NO2 is 1. The van der Waals surface area contributed by atoms with E-state index in [0.29, 0.717) is 0 Å². The number of ketones is 1. The van der Waals surface area contributed by atoms with Crippen molar-refractivity contribution in [3.8, 4) is 0 Å². The van der Waals surface area contributed by atoms with Crippen molar-refractivity contribution in [1.82, 2.24) is 5.01 Å². The van der Waals surface area contributed by atoms with Crippen LogP contribution in [-0.4, -0.2) is 10.8 Å². The highest BCUT2D eigenvalue weighted by Gasteiger charge is 2.64. The summed E-state index contributed by atoms with van der Waals surface area (Å²) < 4.78 is 0. The molecule has 1 aliphatic carbocycles. The van der Waals surface area contributed by atoms with Crippen molar-refractivity contribution in [3.05, 3.63) is 76.7 Å². The molecule has 0 N–H and O–H groups in total. The van der Waals surface area contributed by atoms with E-state index in [0.717, 1.165) is 30.4 Å². The molecule has 26 heavy (non-hydrogen) atoms. The van der Waals surface area contributed by atoms with Crippen LogP contribution in [0, 0.1) is 15.7 Å². The Morgan fingerprint density at radius 3 is 1.65 bits per heavy atom. The van der Waals surface area contributed by atoms with Crippen LogP contribution in [0.2, 0.25) is 0 Å². The Bertz CT molecular complexity index is 759. The summed E-state index contributed by atoms with van der Waals surface area (Å²) >= 11 is 0. The van der Waals surface area contributed by atoms with Gasteiger partial charge >= 0.3 is 0 Å². The van der Waals surface area contributed by atoms with Crippen molar-refractivity contribution in [2.45, 2.75) is 45.2 Å². The molecule has 2 aromatic carbocycles. The van der Waals surface area contributed by atoms with Crippen molar-refractivity contribution in [3.63, 3.8) is 0 Å². The molecule has 0 spiro atoms. The van der Waals surface area contributed by atoms with Gasteiger partial charge in [-0.05, 0) is 24.0 Å². The second-order valence-electron chi connectivity index (χ2n) is 8.11. The van der Waals surface area contributed by atoms with E-state index in [-0.39, 0.29) is 17.9 Å². The monoisotopic (exact) mass is 348 g/mol. The lowest BCUT2D eigenvalue weighted by molar-refractivity contribution is -0.171. The highest BCUT2D eigenvalue weighted by Crippen LogP contribution is 2.63. The number of rotatable bonds is 3. The highest BCUT2D eigenvalue weighted by atomic mass is 16.3. The second kappa shape index (κ2) is 6.04. The van der Waals surface area contributed by atoms with Gasteiger partial charge in [-0.3, -0.25) is 4.79 Å². The lowest BCUT2D eigenvalue weighted by Crippen LogP contribution is -2.61. The van der Waals surface area contributed by atoms with Crippen LogP contribution in [0.4, 0.5) is 0 Å². The number of Topliss-reactive ketones (excluding diaryl/α,β-unsaturated/α-hetero) is 1. The molecule has 2 aliphatic rings. The van der Waals surface area contributed by atoms with E-state index in [1.165, 1.54) is 0 Å². The number of hydrogen-bond acceptors (Lipinski definition) is 3. The van der Waals surface area contributed by atoms with E-state index < -0.39 is 10.8 Å². The summed E-state index contributed by atoms with van der Waals surface area (Å²) in [5.74, 6) is 0.263. The molecule has 2 aromatic rings. The first kappa shape index (κ1) is 17.0. The van der Waals surface area contributed by atoms with Gasteiger partial charge in [-0.2, -0.15) is 0 Å². The van der Waals surface area contributed by atoms with Crippen LogP contribution in [-0.2, 0) is 4.79 Å². The third kappa shape index (κ3) is 2.24. The van der Waals surface area contributed by atoms with E-state index in [9.17, 15) is 9.70 Å². The zero-order valence-electron chi connectivity index (χ0n) is 15.3. The molecule has 2 bridgehead atoms. The van der Waals surface area contributed by atoms with Crippen LogP contribution in [0.15, 0.2) is 65.9 Å². The first-order valence-electron chi connectivity index (χ1n) is 9.29. The normalized spacial score (nSPS) is 33.8. The largest absolute Gasteiger partial charge is 0.298 e. The molecule has 1 heterocycles. The highest BCUT2D eigenvalue weighted by molar-refractivity contribution is 5.93. The van der Waals surface area contributed by atoms with Crippen molar-refractivity contribution in [2.75, 3.05) is 0 Å². The molecular formula is C22H24N2O2. The first-order chi connectivity index (χ1) is 12.5. The van der Waals surface area contributed by atoms with Crippen molar-refractivity contribution in [2.24, 2.45) is 16.1 Å². The maximum Gasteiger partial charge on any atom is 0.149 e. The average molecular weight is 348 g/mol. The molecule has 134 valence electrons. The Hall–Kier alpha value is -2.49. The maximum atomic E-state index is 13.7. The molecule has 1 saturated heterocycles. The van der Waals surface area contributed by atoms with Crippen molar-refractivity contribution < 1.29 is 4.79 Å². The lowest BCUT2D eigenvalue weighted by atomic mass is 9.52. The zero-order valence-corrected chi connectivity index (χ0v) is 15.3. The Balaban J connectivity index is 1.94. The number of hydrogen-bond donors (Lipinski definition) is 0. The molecule has 0 amide bonds. The van der Waals surface area contributed by atoms with Crippen LogP contribution in [0.1, 0.15) is 56.3 Å². The smallest absolute Gasteiger partial charge is 0.149 e. The number of benzene rings is 2. The summed E-state index contributed by atoms with van der Waals surface area (Å²) in [6.45, 7) is 4.04. The fourth-order valence-corrected chi connectivity index (χ4v) is 5.36. The van der Waals surface area contributed by atoms with Gasteiger partial charge in [0.1, 0.15) is 5.78 Å². The minimum absolute atomic E-state index is 0.263. The maximum absolute atomic E-state index is 13.7. The fourth-order valence-electron chi connectivity index (χ4n) is 5.36. The molecule has 4 rings (SSSR count). The molecule has 4 unspecified atom stereocenters. The van der Waals surface area contributed by atoms with Crippen LogP contribution < -0.4 is 0 Å². The SMILES string of the molecule is CC12CCCC(C)(C1=O)C(c1ccccc1)N(N=O)C2c1ccccc1. The van der Waals surface area contributed by atoms with E-state index in [1.807, 2.05) is 74.5 Å². The Labute approximate surface area is 154 Å². The summed E-state index contributed by atoms with van der Waals surface area (Å²) in [6.07, 6.45) is 2.56. The Morgan fingerprint density at radius 1 is 0.846 bits per heavy atom. The van der Waals surface area contributed by atoms with Gasteiger partial charge in [0.2, 0.25) is 0 Å². The molecule has 4 atom stereocenters. The van der Waals surface area contributed by atoms with Crippen molar-refractivity contribution >= 4 is 5.78 Å². The van der Waals surface area contributed by atoms with Crippen molar-refractivity contribution in [1.29, 1.82) is 0 Å². The second-order valence-corrected chi connectivity index (χ2v) is 8.11. The molecule has 0 aromatic heterocycles. The first-order valence-corrected chi connectivity index (χ1v) is 9.29. The van der Waals surface area contributed by atoms with E-state index in [1.54, 1.807) is 5.01 Å². The van der Waals surface area contributed by atoms with E-state index in [4.69, 9.17) is 0 Å². The fraction of sp³-hybridized carbons (Fsp3) is 0.409. The molecular weight excluding hydrogens is 324 g/mol. The molecule has 1 saturated carbocycles. The number of piperidine rings is 1. The predicted octanol–water partition coefficient (Wildman–Crippen LogP) is 5.23. The summed E-state index contributed by atoms with van der Waals surface area (Å²) in [4.78, 5) is 25.8. The Kier molecular flexibility index (Phi) is 3.94. The van der Waals surface area contributed by atoms with Gasteiger partial charge in [-0.25, -0.2) is 5.01 Å².